The molecule has 1 aromatic carbocycles. The number of carbonyl (C=O) groups excluding carboxylic acids is 3. The first-order valence-corrected chi connectivity index (χ1v) is 17.6. The first-order chi connectivity index (χ1) is 24.6. The molecule has 3 unspecified atom stereocenters. The topological polar surface area (TPSA) is 178 Å². The van der Waals surface area contributed by atoms with Crippen LogP contribution in [-0.2, 0) is 20.5 Å². The van der Waals surface area contributed by atoms with Crippen LogP contribution < -0.4 is 16.4 Å². The minimum atomic E-state index is -4.63. The molecule has 0 saturated carbocycles. The molecule has 0 bridgehead atoms. The van der Waals surface area contributed by atoms with Gasteiger partial charge in [0, 0.05) is 35.8 Å². The van der Waals surface area contributed by atoms with E-state index in [0.717, 1.165) is 17.1 Å². The van der Waals surface area contributed by atoms with Crippen LogP contribution in [0.25, 0.3) is 0 Å². The van der Waals surface area contributed by atoms with Crippen molar-refractivity contribution in [3.05, 3.63) is 63.1 Å². The van der Waals surface area contributed by atoms with Crippen molar-refractivity contribution in [2.45, 2.75) is 72.0 Å². The zero-order valence-electron chi connectivity index (χ0n) is 29.5. The number of aromatic hydroxyl groups is 1. The normalized spacial score (nSPS) is 22.7. The predicted octanol–water partition coefficient (Wildman–Crippen LogP) is 5.09. The number of amidine groups is 1. The van der Waals surface area contributed by atoms with E-state index in [9.17, 15) is 32.7 Å². The summed E-state index contributed by atoms with van der Waals surface area (Å²) in [4.78, 5) is 43.8. The molecule has 3 amide bonds. The molecule has 1 aliphatic carbocycles. The van der Waals surface area contributed by atoms with Gasteiger partial charge in [0.2, 0.25) is 5.91 Å². The highest BCUT2D eigenvalue weighted by Crippen LogP contribution is 2.54. The third-order valence-electron chi connectivity index (χ3n) is 10.2. The van der Waals surface area contributed by atoms with Gasteiger partial charge in [-0.25, -0.2) is 5.01 Å². The van der Waals surface area contributed by atoms with Gasteiger partial charge < -0.3 is 31.1 Å². The van der Waals surface area contributed by atoms with Crippen LogP contribution in [0.15, 0.2) is 46.2 Å². The van der Waals surface area contributed by atoms with E-state index in [2.05, 4.69) is 32.9 Å². The van der Waals surface area contributed by atoms with Crippen molar-refractivity contribution in [3.63, 3.8) is 0 Å². The number of likely N-dealkylation sites (tertiary alicyclic amines) is 1. The molecule has 3 aliphatic rings. The summed E-state index contributed by atoms with van der Waals surface area (Å²) in [7, 11) is 0. The summed E-state index contributed by atoms with van der Waals surface area (Å²) in [5.74, 6) is -1.98. The number of nitrogens with zero attached hydrogens (tertiary/aromatic N) is 4. The van der Waals surface area contributed by atoms with Gasteiger partial charge in [0.1, 0.15) is 18.1 Å². The van der Waals surface area contributed by atoms with E-state index in [0.29, 0.717) is 80.5 Å². The number of amides is 3. The van der Waals surface area contributed by atoms with E-state index in [1.54, 1.807) is 17.9 Å². The molecule has 2 aromatic rings. The van der Waals surface area contributed by atoms with E-state index < -0.39 is 41.4 Å². The minimum Gasteiger partial charge on any atom is -0.504 e. The zero-order valence-corrected chi connectivity index (χ0v) is 30.2. The number of aromatic amines is 1. The Hall–Kier alpha value is -4.57. The lowest BCUT2D eigenvalue weighted by Crippen LogP contribution is -2.42. The van der Waals surface area contributed by atoms with Gasteiger partial charge in [0.15, 0.2) is 11.4 Å². The molecule has 13 nitrogen and oxygen atoms in total. The number of allylic oxidation sites excluding steroid dienone is 1. The molecule has 3 heterocycles. The van der Waals surface area contributed by atoms with Crippen LogP contribution in [0.1, 0.15) is 74.6 Å². The van der Waals surface area contributed by atoms with Crippen molar-refractivity contribution < 1.29 is 37.4 Å². The third kappa shape index (κ3) is 7.92. The molecule has 17 heteroatoms. The molecule has 1 spiro atoms. The van der Waals surface area contributed by atoms with Gasteiger partial charge in [0.25, 0.3) is 11.8 Å². The van der Waals surface area contributed by atoms with Crippen molar-refractivity contribution in [1.82, 2.24) is 25.4 Å². The number of halogens is 4. The Bertz CT molecular complexity index is 1810. The molecular weight excluding hydrogens is 705 g/mol. The lowest BCUT2D eigenvalue weighted by molar-refractivity contribution is -0.137. The number of rotatable bonds is 9. The highest BCUT2D eigenvalue weighted by Gasteiger charge is 2.52. The minimum absolute atomic E-state index is 0.00230. The summed E-state index contributed by atoms with van der Waals surface area (Å²) in [5, 5.41) is 28.1. The maximum atomic E-state index is 14.9. The number of hydrazone groups is 1. The van der Waals surface area contributed by atoms with Crippen molar-refractivity contribution in [3.8, 4) is 5.75 Å². The molecule has 52 heavy (non-hydrogen) atoms. The molecule has 0 radical (unpaired) electrons. The van der Waals surface area contributed by atoms with Crippen molar-refractivity contribution in [1.29, 1.82) is 0 Å². The lowest BCUT2D eigenvalue weighted by atomic mass is 9.68. The summed E-state index contributed by atoms with van der Waals surface area (Å²) >= 11 is 6.12. The van der Waals surface area contributed by atoms with Gasteiger partial charge in [-0.05, 0) is 82.6 Å². The summed E-state index contributed by atoms with van der Waals surface area (Å²) in [6.45, 7) is 8.31. The summed E-state index contributed by atoms with van der Waals surface area (Å²) in [6.07, 6.45) is -0.460. The second-order valence-corrected chi connectivity index (χ2v) is 13.9. The number of aryl methyl sites for hydroxylation is 1. The van der Waals surface area contributed by atoms with E-state index in [-0.39, 0.29) is 46.5 Å². The molecule has 1 fully saturated rings. The van der Waals surface area contributed by atoms with Gasteiger partial charge in [-0.1, -0.05) is 24.6 Å². The second kappa shape index (κ2) is 15.6. The SMILES string of the molecule is CCNC1=C(C(=O)N(CC(=O)Nc2ccc(C(F)(F)F)cc2Cl)/N=C(\N)C2=CCOCC2)C2(CCC(C)N(C(=O)c3[nH]nc(C)c3O)CC2)C(C)C1. The van der Waals surface area contributed by atoms with E-state index in [1.807, 2.05) is 13.8 Å². The zero-order chi connectivity index (χ0) is 38.0. The number of anilines is 1. The Kier molecular flexibility index (Phi) is 11.6. The van der Waals surface area contributed by atoms with Crippen molar-refractivity contribution in [2.75, 3.05) is 38.2 Å². The molecule has 282 valence electrons. The van der Waals surface area contributed by atoms with E-state index in [1.165, 1.54) is 0 Å². The number of aromatic nitrogens is 2. The molecular formula is C35H44ClF3N8O5. The monoisotopic (exact) mass is 748 g/mol. The highest BCUT2D eigenvalue weighted by molar-refractivity contribution is 6.33. The number of ether oxygens (including phenoxy) is 1. The average molecular weight is 749 g/mol. The first kappa shape index (κ1) is 38.7. The average Bonchev–Trinajstić information content (AvgIpc) is 3.50. The van der Waals surface area contributed by atoms with Crippen LogP contribution in [0.4, 0.5) is 18.9 Å². The van der Waals surface area contributed by atoms with Gasteiger partial charge in [0.05, 0.1) is 29.5 Å². The van der Waals surface area contributed by atoms with Gasteiger partial charge >= 0.3 is 6.18 Å². The molecule has 1 saturated heterocycles. The molecule has 6 N–H and O–H groups in total. The number of alkyl halides is 3. The van der Waals surface area contributed by atoms with Gasteiger partial charge in [-0.3, -0.25) is 19.5 Å². The van der Waals surface area contributed by atoms with Gasteiger partial charge in [-0.15, -0.1) is 0 Å². The highest BCUT2D eigenvalue weighted by atomic mass is 35.5. The maximum Gasteiger partial charge on any atom is 0.416 e. The lowest BCUT2D eigenvalue weighted by Gasteiger charge is -2.36. The fourth-order valence-electron chi connectivity index (χ4n) is 7.27. The molecule has 2 aliphatic heterocycles. The number of hydrogen-bond donors (Lipinski definition) is 5. The Labute approximate surface area is 304 Å². The quantitative estimate of drug-likeness (QED) is 0.134. The third-order valence-corrected chi connectivity index (χ3v) is 10.5. The fourth-order valence-corrected chi connectivity index (χ4v) is 7.50. The van der Waals surface area contributed by atoms with Crippen LogP contribution in [0, 0.1) is 18.3 Å². The van der Waals surface area contributed by atoms with Crippen molar-refractivity contribution in [2.24, 2.45) is 22.2 Å². The summed E-state index contributed by atoms with van der Waals surface area (Å²) < 4.78 is 45.1. The van der Waals surface area contributed by atoms with Crippen molar-refractivity contribution >= 4 is 40.8 Å². The Morgan fingerprint density at radius 1 is 1.27 bits per heavy atom. The molecule has 5 rings (SSSR count). The molecule has 1 aromatic heterocycles. The van der Waals surface area contributed by atoms with Crippen LogP contribution in [0.3, 0.4) is 0 Å². The summed E-state index contributed by atoms with van der Waals surface area (Å²) in [5.41, 5.74) is 6.70. The van der Waals surface area contributed by atoms with Crippen LogP contribution in [-0.4, -0.2) is 87.7 Å². The fraction of sp³-hybridized carbons (Fsp3) is 0.514. The van der Waals surface area contributed by atoms with Crippen LogP contribution in [0.2, 0.25) is 5.02 Å². The second-order valence-electron chi connectivity index (χ2n) is 13.5. The number of benzene rings is 1. The Morgan fingerprint density at radius 3 is 2.63 bits per heavy atom. The van der Waals surface area contributed by atoms with Crippen LogP contribution >= 0.6 is 11.6 Å². The Morgan fingerprint density at radius 2 is 2.02 bits per heavy atom. The number of carbonyl (C=O) groups is 3. The predicted molar refractivity (Wildman–Crippen MR) is 188 cm³/mol. The van der Waals surface area contributed by atoms with E-state index in [4.69, 9.17) is 22.1 Å². The largest absolute Gasteiger partial charge is 0.504 e. The number of H-pyrrole nitrogens is 1. The molecule has 3 atom stereocenters. The number of nitrogens with two attached hydrogens (primary N) is 1. The Balaban J connectivity index is 1.49. The maximum absolute atomic E-state index is 14.9. The van der Waals surface area contributed by atoms with E-state index >= 15 is 0 Å². The van der Waals surface area contributed by atoms with Gasteiger partial charge in [-0.2, -0.15) is 23.4 Å². The first-order valence-electron chi connectivity index (χ1n) is 17.2. The smallest absolute Gasteiger partial charge is 0.416 e. The number of hydrogen-bond acceptors (Lipinski definition) is 8. The summed E-state index contributed by atoms with van der Waals surface area (Å²) in [6, 6.07) is 2.31. The standard InChI is InChI=1S/C35H44ClF3N8O5/c1-5-41-26-16-19(2)34(11-8-20(3)46(13-12-34)33(51)29-30(49)21(4)43-44-29)28(26)32(50)47(45-31(40)22-9-14-52-15-10-22)18-27(48)42-25-7-6-23(17-24(25)36)35(37,38)39/h6-7,9,17,19-20,41,49H,5,8,10-16,18H2,1-4H3,(H2,40,45)(H,42,48)(H,43,44). The number of nitrogens with one attached hydrogen (secondary N) is 3. The van der Waals surface area contributed by atoms with Crippen LogP contribution in [0.5, 0.6) is 5.75 Å².